The highest BCUT2D eigenvalue weighted by atomic mass is 35.5. The first-order valence-corrected chi connectivity index (χ1v) is 7.17. The molecule has 6 nitrogen and oxygen atoms in total. The molecule has 1 fully saturated rings. The predicted octanol–water partition coefficient (Wildman–Crippen LogP) is 2.80. The van der Waals surface area contributed by atoms with Gasteiger partial charge in [0.2, 0.25) is 5.91 Å². The van der Waals surface area contributed by atoms with E-state index in [-0.39, 0.29) is 42.7 Å². The van der Waals surface area contributed by atoms with E-state index < -0.39 is 0 Å². The molecule has 3 N–H and O–H groups in total. The van der Waals surface area contributed by atoms with Crippen molar-refractivity contribution in [1.82, 2.24) is 4.98 Å². The Bertz CT molecular complexity index is 675. The highest BCUT2D eigenvalue weighted by Crippen LogP contribution is 2.27. The molecule has 1 heterocycles. The number of carbonyl (C=O) groups excluding carboxylic acids is 1. The van der Waals surface area contributed by atoms with Crippen LogP contribution in [0, 0.1) is 5.92 Å². The van der Waals surface area contributed by atoms with Crippen molar-refractivity contribution in [3.63, 3.8) is 0 Å². The van der Waals surface area contributed by atoms with Crippen LogP contribution in [0.1, 0.15) is 19.3 Å². The molecule has 0 radical (unpaired) electrons. The molecule has 2 unspecified atom stereocenters. The quantitative estimate of drug-likeness (QED) is 0.878. The Morgan fingerprint density at radius 3 is 2.70 bits per heavy atom. The fourth-order valence-corrected chi connectivity index (χ4v) is 2.68. The minimum atomic E-state index is 0. The van der Waals surface area contributed by atoms with Gasteiger partial charge in [-0.15, -0.1) is 24.8 Å². The minimum Gasteiger partial charge on any atom is -0.423 e. The number of nitrogens with two attached hydrogens (primary N) is 1. The number of nitrogens with one attached hydrogen (secondary N) is 1. The number of carbonyl (C=O) groups is 1. The molecule has 1 aliphatic carbocycles. The number of nitrogens with zero attached hydrogens (tertiary/aromatic N) is 2. The highest BCUT2D eigenvalue weighted by Gasteiger charge is 2.27. The summed E-state index contributed by atoms with van der Waals surface area (Å²) in [5.74, 6) is 0.0592. The maximum absolute atomic E-state index is 12.2. The summed E-state index contributed by atoms with van der Waals surface area (Å²) in [6.45, 7) is 0. The van der Waals surface area contributed by atoms with E-state index in [1.165, 1.54) is 0 Å². The van der Waals surface area contributed by atoms with Gasteiger partial charge in [0.15, 0.2) is 5.58 Å². The van der Waals surface area contributed by atoms with E-state index in [2.05, 4.69) is 10.3 Å². The molecule has 23 heavy (non-hydrogen) atoms. The second-order valence-electron chi connectivity index (χ2n) is 5.83. The average molecular weight is 361 g/mol. The van der Waals surface area contributed by atoms with Gasteiger partial charge in [-0.05, 0) is 37.5 Å². The molecule has 0 bridgehead atoms. The molecule has 1 aromatic carbocycles. The van der Waals surface area contributed by atoms with Crippen LogP contribution in [0.15, 0.2) is 22.6 Å². The van der Waals surface area contributed by atoms with Crippen molar-refractivity contribution in [3.8, 4) is 0 Å². The number of benzene rings is 1. The standard InChI is InChI=1S/C15H20N4O2.2ClH/c1-19(2)15-18-12-8-11(5-6-13(12)21-15)17-14(20)9-3-4-10(16)7-9;;/h5-6,8-10H,3-4,7,16H2,1-2H3,(H,17,20);2*1H. The average Bonchev–Trinajstić information content (AvgIpc) is 3.04. The van der Waals surface area contributed by atoms with Crippen molar-refractivity contribution in [3.05, 3.63) is 18.2 Å². The molecule has 1 aromatic heterocycles. The maximum Gasteiger partial charge on any atom is 0.297 e. The summed E-state index contributed by atoms with van der Waals surface area (Å²) < 4.78 is 5.59. The van der Waals surface area contributed by atoms with Crippen LogP contribution in [0.25, 0.3) is 11.1 Å². The second-order valence-corrected chi connectivity index (χ2v) is 5.83. The molecule has 2 atom stereocenters. The molecule has 1 saturated carbocycles. The number of aromatic nitrogens is 1. The van der Waals surface area contributed by atoms with Crippen LogP contribution in [-0.4, -0.2) is 31.0 Å². The lowest BCUT2D eigenvalue weighted by molar-refractivity contribution is -0.119. The fourth-order valence-electron chi connectivity index (χ4n) is 2.68. The number of anilines is 2. The molecule has 8 heteroatoms. The molecule has 3 rings (SSSR count). The van der Waals surface area contributed by atoms with E-state index >= 15 is 0 Å². The number of hydrogen-bond acceptors (Lipinski definition) is 5. The Balaban J connectivity index is 0.00000132. The Morgan fingerprint density at radius 2 is 2.09 bits per heavy atom. The van der Waals surface area contributed by atoms with Gasteiger partial charge >= 0.3 is 0 Å². The first kappa shape index (κ1) is 19.5. The van der Waals surface area contributed by atoms with Gasteiger partial charge in [-0.2, -0.15) is 4.98 Å². The third kappa shape index (κ3) is 4.28. The van der Waals surface area contributed by atoms with Crippen LogP contribution in [-0.2, 0) is 4.79 Å². The lowest BCUT2D eigenvalue weighted by Crippen LogP contribution is -2.23. The van der Waals surface area contributed by atoms with E-state index in [0.717, 1.165) is 30.5 Å². The predicted molar refractivity (Wildman–Crippen MR) is 96.8 cm³/mol. The zero-order chi connectivity index (χ0) is 15.0. The Morgan fingerprint density at radius 1 is 1.35 bits per heavy atom. The number of oxazole rings is 1. The summed E-state index contributed by atoms with van der Waals surface area (Å²) in [5.41, 5.74) is 8.04. The molecule has 1 aliphatic rings. The fraction of sp³-hybridized carbons (Fsp3) is 0.467. The molecular formula is C15H22Cl2N4O2. The molecule has 2 aromatic rings. The molecular weight excluding hydrogens is 339 g/mol. The van der Waals surface area contributed by atoms with Crippen molar-refractivity contribution in [1.29, 1.82) is 0 Å². The van der Waals surface area contributed by atoms with Crippen LogP contribution in [0.3, 0.4) is 0 Å². The number of hydrogen-bond donors (Lipinski definition) is 2. The van der Waals surface area contributed by atoms with Gasteiger partial charge in [0, 0.05) is 31.7 Å². The monoisotopic (exact) mass is 360 g/mol. The van der Waals surface area contributed by atoms with Crippen molar-refractivity contribution >= 4 is 53.5 Å². The SMILES string of the molecule is CN(C)c1nc2cc(NC(=O)C3CCC(N)C3)ccc2o1.Cl.Cl. The summed E-state index contributed by atoms with van der Waals surface area (Å²) in [7, 11) is 3.74. The molecule has 0 spiro atoms. The van der Waals surface area contributed by atoms with Crippen molar-refractivity contribution in [2.45, 2.75) is 25.3 Å². The van der Waals surface area contributed by atoms with Gasteiger partial charge in [0.05, 0.1) is 0 Å². The van der Waals surface area contributed by atoms with E-state index in [9.17, 15) is 4.79 Å². The van der Waals surface area contributed by atoms with Gasteiger partial charge < -0.3 is 20.4 Å². The Kier molecular flexibility index (Phi) is 6.68. The molecule has 1 amide bonds. The first-order chi connectivity index (χ1) is 10.0. The smallest absolute Gasteiger partial charge is 0.297 e. The zero-order valence-corrected chi connectivity index (χ0v) is 14.7. The normalized spacial score (nSPS) is 19.8. The van der Waals surface area contributed by atoms with Gasteiger partial charge in [0.25, 0.3) is 6.01 Å². The van der Waals surface area contributed by atoms with Gasteiger partial charge in [-0.25, -0.2) is 0 Å². The van der Waals surface area contributed by atoms with Crippen molar-refractivity contribution in [2.75, 3.05) is 24.3 Å². The molecule has 128 valence electrons. The number of rotatable bonds is 3. The largest absolute Gasteiger partial charge is 0.423 e. The molecule has 0 aliphatic heterocycles. The summed E-state index contributed by atoms with van der Waals surface area (Å²) >= 11 is 0. The number of amides is 1. The van der Waals surface area contributed by atoms with E-state index in [1.54, 1.807) is 4.90 Å². The Hall–Kier alpha value is -1.50. The number of fused-ring (bicyclic) bond motifs is 1. The summed E-state index contributed by atoms with van der Waals surface area (Å²) in [4.78, 5) is 18.4. The third-order valence-electron chi connectivity index (χ3n) is 3.87. The van der Waals surface area contributed by atoms with Crippen molar-refractivity contribution < 1.29 is 9.21 Å². The highest BCUT2D eigenvalue weighted by molar-refractivity contribution is 5.94. The van der Waals surface area contributed by atoms with Crippen LogP contribution >= 0.6 is 24.8 Å². The second kappa shape index (κ2) is 7.86. The number of halogens is 2. The third-order valence-corrected chi connectivity index (χ3v) is 3.87. The summed E-state index contributed by atoms with van der Waals surface area (Å²) in [6.07, 6.45) is 2.55. The van der Waals surface area contributed by atoms with E-state index in [0.29, 0.717) is 11.6 Å². The van der Waals surface area contributed by atoms with Gasteiger partial charge in [-0.3, -0.25) is 4.79 Å². The first-order valence-electron chi connectivity index (χ1n) is 7.17. The summed E-state index contributed by atoms with van der Waals surface area (Å²) in [5, 5.41) is 2.95. The van der Waals surface area contributed by atoms with Crippen LogP contribution in [0.4, 0.5) is 11.7 Å². The topological polar surface area (TPSA) is 84.4 Å². The zero-order valence-electron chi connectivity index (χ0n) is 13.1. The molecule has 0 saturated heterocycles. The lowest BCUT2D eigenvalue weighted by atomic mass is 10.1. The maximum atomic E-state index is 12.2. The van der Waals surface area contributed by atoms with Crippen LogP contribution < -0.4 is 16.0 Å². The van der Waals surface area contributed by atoms with E-state index in [1.807, 2.05) is 32.3 Å². The van der Waals surface area contributed by atoms with Crippen molar-refractivity contribution in [2.24, 2.45) is 11.7 Å². The van der Waals surface area contributed by atoms with E-state index in [4.69, 9.17) is 10.2 Å². The van der Waals surface area contributed by atoms with Crippen LogP contribution in [0.2, 0.25) is 0 Å². The van der Waals surface area contributed by atoms with Crippen LogP contribution in [0.5, 0.6) is 0 Å². The Labute approximate surface area is 147 Å². The minimum absolute atomic E-state index is 0. The van der Waals surface area contributed by atoms with Gasteiger partial charge in [0.1, 0.15) is 5.52 Å². The van der Waals surface area contributed by atoms with Gasteiger partial charge in [-0.1, -0.05) is 0 Å². The summed E-state index contributed by atoms with van der Waals surface area (Å²) in [6, 6.07) is 6.20. The lowest BCUT2D eigenvalue weighted by Gasteiger charge is -2.10.